The van der Waals surface area contributed by atoms with E-state index in [0.29, 0.717) is 24.5 Å². The highest BCUT2D eigenvalue weighted by Crippen LogP contribution is 2.13. The highest BCUT2D eigenvalue weighted by atomic mass is 35.5. The zero-order valence-electron chi connectivity index (χ0n) is 12.2. The summed E-state index contributed by atoms with van der Waals surface area (Å²) in [6, 6.07) is 9.22. The van der Waals surface area contributed by atoms with Crippen LogP contribution in [0.2, 0.25) is 5.02 Å². The van der Waals surface area contributed by atoms with Gasteiger partial charge in [-0.05, 0) is 23.8 Å². The first-order valence-corrected chi connectivity index (χ1v) is 7.64. The second-order valence-electron chi connectivity index (χ2n) is 5.22. The summed E-state index contributed by atoms with van der Waals surface area (Å²) < 4.78 is 0. The molecule has 1 aliphatic rings. The van der Waals surface area contributed by atoms with E-state index in [-0.39, 0.29) is 5.91 Å². The summed E-state index contributed by atoms with van der Waals surface area (Å²) in [6.45, 7) is 2.92. The molecule has 0 saturated carbocycles. The Morgan fingerprint density at radius 1 is 1.05 bits per heavy atom. The third kappa shape index (κ3) is 3.54. The topological polar surface area (TPSA) is 49.3 Å². The maximum atomic E-state index is 12.3. The summed E-state index contributed by atoms with van der Waals surface area (Å²) >= 11 is 5.86. The van der Waals surface area contributed by atoms with Gasteiger partial charge in [-0.2, -0.15) is 0 Å². The van der Waals surface area contributed by atoms with Crippen molar-refractivity contribution >= 4 is 23.5 Å². The molecule has 1 aliphatic heterocycles. The van der Waals surface area contributed by atoms with Gasteiger partial charge in [-0.3, -0.25) is 4.79 Å². The minimum Gasteiger partial charge on any atom is -0.339 e. The van der Waals surface area contributed by atoms with Crippen LogP contribution in [0.5, 0.6) is 0 Å². The van der Waals surface area contributed by atoms with Gasteiger partial charge in [-0.25, -0.2) is 9.97 Å². The van der Waals surface area contributed by atoms with E-state index in [0.717, 1.165) is 24.6 Å². The zero-order chi connectivity index (χ0) is 15.4. The van der Waals surface area contributed by atoms with Crippen molar-refractivity contribution in [1.82, 2.24) is 14.9 Å². The third-order valence-corrected chi connectivity index (χ3v) is 3.99. The maximum absolute atomic E-state index is 12.3. The number of aromatic nitrogens is 2. The fourth-order valence-electron chi connectivity index (χ4n) is 2.50. The van der Waals surface area contributed by atoms with Crippen LogP contribution in [-0.2, 0) is 11.2 Å². The molecule has 0 atom stereocenters. The van der Waals surface area contributed by atoms with Crippen LogP contribution in [0, 0.1) is 0 Å². The number of rotatable bonds is 3. The predicted octanol–water partition coefficient (Wildman–Crippen LogP) is 2.02. The number of piperazine rings is 1. The number of hydrogen-bond acceptors (Lipinski definition) is 4. The molecule has 0 radical (unpaired) electrons. The molecule has 1 fully saturated rings. The minimum atomic E-state index is 0.149. The van der Waals surface area contributed by atoms with Crippen molar-refractivity contribution in [2.24, 2.45) is 0 Å². The molecular weight excluding hydrogens is 300 g/mol. The highest BCUT2D eigenvalue weighted by molar-refractivity contribution is 6.30. The van der Waals surface area contributed by atoms with Gasteiger partial charge in [0.1, 0.15) is 0 Å². The van der Waals surface area contributed by atoms with Gasteiger partial charge in [0.05, 0.1) is 6.42 Å². The average Bonchev–Trinajstić information content (AvgIpc) is 2.58. The van der Waals surface area contributed by atoms with Crippen LogP contribution in [0.25, 0.3) is 0 Å². The first-order chi connectivity index (χ1) is 10.7. The lowest BCUT2D eigenvalue weighted by molar-refractivity contribution is -0.130. The van der Waals surface area contributed by atoms with Crippen molar-refractivity contribution in [3.8, 4) is 0 Å². The van der Waals surface area contributed by atoms with Crippen LogP contribution in [0.4, 0.5) is 5.95 Å². The summed E-state index contributed by atoms with van der Waals surface area (Å²) in [5.74, 6) is 0.878. The molecule has 22 heavy (non-hydrogen) atoms. The van der Waals surface area contributed by atoms with Crippen molar-refractivity contribution in [3.05, 3.63) is 53.3 Å². The molecule has 3 rings (SSSR count). The van der Waals surface area contributed by atoms with Crippen LogP contribution >= 0.6 is 11.6 Å². The SMILES string of the molecule is O=C(Cc1ccc(Cl)cc1)N1CCN(c2ncccn2)CC1. The van der Waals surface area contributed by atoms with Gasteiger partial charge in [-0.1, -0.05) is 23.7 Å². The third-order valence-electron chi connectivity index (χ3n) is 3.74. The summed E-state index contributed by atoms with van der Waals surface area (Å²) in [4.78, 5) is 24.8. The molecule has 0 unspecified atom stereocenters. The molecule has 0 N–H and O–H groups in total. The lowest BCUT2D eigenvalue weighted by Gasteiger charge is -2.34. The Morgan fingerprint density at radius 2 is 1.68 bits per heavy atom. The standard InChI is InChI=1S/C16H17ClN4O/c17-14-4-2-13(3-5-14)12-15(22)20-8-10-21(11-9-20)16-18-6-1-7-19-16/h1-7H,8-12H2. The van der Waals surface area contributed by atoms with E-state index in [2.05, 4.69) is 14.9 Å². The minimum absolute atomic E-state index is 0.149. The van der Waals surface area contributed by atoms with E-state index in [1.165, 1.54) is 0 Å². The second-order valence-corrected chi connectivity index (χ2v) is 5.66. The lowest BCUT2D eigenvalue weighted by Crippen LogP contribution is -2.49. The fraction of sp³-hybridized carbons (Fsp3) is 0.312. The first-order valence-electron chi connectivity index (χ1n) is 7.26. The normalized spacial score (nSPS) is 15.0. The number of hydrogen-bond donors (Lipinski definition) is 0. The van der Waals surface area contributed by atoms with Crippen molar-refractivity contribution in [1.29, 1.82) is 0 Å². The second kappa shape index (κ2) is 6.75. The fourth-order valence-corrected chi connectivity index (χ4v) is 2.63. The van der Waals surface area contributed by atoms with E-state index in [1.54, 1.807) is 18.5 Å². The van der Waals surface area contributed by atoms with Crippen LogP contribution in [0.15, 0.2) is 42.7 Å². The Balaban J connectivity index is 1.54. The van der Waals surface area contributed by atoms with E-state index < -0.39 is 0 Å². The molecule has 1 saturated heterocycles. The van der Waals surface area contributed by atoms with Crippen molar-refractivity contribution in [3.63, 3.8) is 0 Å². The summed E-state index contributed by atoms with van der Waals surface area (Å²) in [5, 5.41) is 0.688. The molecule has 0 bridgehead atoms. The van der Waals surface area contributed by atoms with E-state index in [9.17, 15) is 4.79 Å². The van der Waals surface area contributed by atoms with Gasteiger partial charge in [0.2, 0.25) is 11.9 Å². The van der Waals surface area contributed by atoms with E-state index in [4.69, 9.17) is 11.6 Å². The molecular formula is C16H17ClN4O. The number of halogens is 1. The van der Waals surface area contributed by atoms with Crippen LogP contribution in [0.1, 0.15) is 5.56 Å². The molecule has 1 aromatic carbocycles. The Labute approximate surface area is 134 Å². The zero-order valence-corrected chi connectivity index (χ0v) is 12.9. The number of carbonyl (C=O) groups is 1. The van der Waals surface area contributed by atoms with E-state index in [1.807, 2.05) is 29.2 Å². The average molecular weight is 317 g/mol. The van der Waals surface area contributed by atoms with Crippen molar-refractivity contribution < 1.29 is 4.79 Å². The Morgan fingerprint density at radius 3 is 2.32 bits per heavy atom. The number of anilines is 1. The van der Waals surface area contributed by atoms with Crippen LogP contribution in [0.3, 0.4) is 0 Å². The number of amides is 1. The van der Waals surface area contributed by atoms with E-state index >= 15 is 0 Å². The quantitative estimate of drug-likeness (QED) is 0.869. The molecule has 5 nitrogen and oxygen atoms in total. The molecule has 2 aromatic rings. The lowest BCUT2D eigenvalue weighted by atomic mass is 10.1. The molecule has 2 heterocycles. The summed E-state index contributed by atoms with van der Waals surface area (Å²) in [5.41, 5.74) is 0.989. The van der Waals surface area contributed by atoms with Gasteiger partial charge in [0, 0.05) is 43.6 Å². The number of benzene rings is 1. The highest BCUT2D eigenvalue weighted by Gasteiger charge is 2.22. The number of nitrogens with zero attached hydrogens (tertiary/aromatic N) is 4. The van der Waals surface area contributed by atoms with Gasteiger partial charge in [-0.15, -0.1) is 0 Å². The Hall–Kier alpha value is -2.14. The monoisotopic (exact) mass is 316 g/mol. The molecule has 1 aromatic heterocycles. The molecule has 0 aliphatic carbocycles. The van der Waals surface area contributed by atoms with Gasteiger partial charge >= 0.3 is 0 Å². The molecule has 0 spiro atoms. The first kappa shape index (κ1) is 14.8. The molecule has 6 heteroatoms. The smallest absolute Gasteiger partial charge is 0.227 e. The maximum Gasteiger partial charge on any atom is 0.227 e. The molecule has 114 valence electrons. The van der Waals surface area contributed by atoms with Crippen molar-refractivity contribution in [2.75, 3.05) is 31.1 Å². The Kier molecular flexibility index (Phi) is 4.53. The Bertz CT molecular complexity index is 624. The molecule has 1 amide bonds. The summed E-state index contributed by atoms with van der Waals surface area (Å²) in [6.07, 6.45) is 3.89. The predicted molar refractivity (Wildman–Crippen MR) is 86.0 cm³/mol. The van der Waals surface area contributed by atoms with Gasteiger partial charge in [0.15, 0.2) is 0 Å². The van der Waals surface area contributed by atoms with Crippen LogP contribution in [-0.4, -0.2) is 47.0 Å². The summed E-state index contributed by atoms with van der Waals surface area (Å²) in [7, 11) is 0. The number of carbonyl (C=O) groups excluding carboxylic acids is 1. The largest absolute Gasteiger partial charge is 0.339 e. The van der Waals surface area contributed by atoms with Gasteiger partial charge < -0.3 is 9.80 Å². The van der Waals surface area contributed by atoms with Crippen molar-refractivity contribution in [2.45, 2.75) is 6.42 Å². The van der Waals surface area contributed by atoms with Gasteiger partial charge in [0.25, 0.3) is 0 Å². The van der Waals surface area contributed by atoms with Crippen LogP contribution < -0.4 is 4.90 Å².